The highest BCUT2D eigenvalue weighted by molar-refractivity contribution is 6.01. The van der Waals surface area contributed by atoms with Crippen molar-refractivity contribution in [3.8, 4) is 17.2 Å². The van der Waals surface area contributed by atoms with Gasteiger partial charge in [-0.15, -0.1) is 0 Å². The molecule has 1 amide bonds. The summed E-state index contributed by atoms with van der Waals surface area (Å²) in [6, 6.07) is 11.4. The lowest BCUT2D eigenvalue weighted by Crippen LogP contribution is -2.45. The molecule has 2 aliphatic heterocycles. The Morgan fingerprint density at radius 1 is 1.13 bits per heavy atom. The van der Waals surface area contributed by atoms with Crippen molar-refractivity contribution in [2.45, 2.75) is 25.4 Å². The number of fused-ring (bicyclic) bond motifs is 1. The second-order valence-corrected chi connectivity index (χ2v) is 7.53. The van der Waals surface area contributed by atoms with E-state index in [9.17, 15) is 14.4 Å². The first kappa shape index (κ1) is 20.7. The molecule has 8 nitrogen and oxygen atoms in total. The van der Waals surface area contributed by atoms with Crippen LogP contribution in [0.15, 0.2) is 42.5 Å². The fraction of sp³-hybridized carbons (Fsp3) is 0.348. The molecule has 0 aromatic heterocycles. The van der Waals surface area contributed by atoms with Crippen LogP contribution in [-0.4, -0.2) is 55.2 Å². The highest BCUT2D eigenvalue weighted by Crippen LogP contribution is 2.40. The van der Waals surface area contributed by atoms with Crippen LogP contribution in [0, 0.1) is 0 Å². The number of ether oxygens (including phenoxy) is 4. The smallest absolute Gasteiger partial charge is 0.497 e. The van der Waals surface area contributed by atoms with E-state index in [0.29, 0.717) is 47.9 Å². The third-order valence-electron chi connectivity index (χ3n) is 5.46. The van der Waals surface area contributed by atoms with Gasteiger partial charge in [-0.3, -0.25) is 9.59 Å². The van der Waals surface area contributed by atoms with E-state index in [1.807, 2.05) is 0 Å². The molecule has 8 heteroatoms. The van der Waals surface area contributed by atoms with Crippen LogP contribution in [0.1, 0.15) is 40.5 Å². The normalized spacial score (nSPS) is 19.5. The number of amides is 1. The summed E-state index contributed by atoms with van der Waals surface area (Å²) in [5.41, 5.74) is 0.244. The Bertz CT molecular complexity index is 1020. The third-order valence-corrected chi connectivity index (χ3v) is 5.46. The van der Waals surface area contributed by atoms with Crippen LogP contribution < -0.4 is 14.2 Å². The van der Waals surface area contributed by atoms with Crippen molar-refractivity contribution < 1.29 is 33.3 Å². The number of methoxy groups -OCH3 is 1. The number of benzene rings is 2. The molecule has 0 bridgehead atoms. The van der Waals surface area contributed by atoms with Crippen LogP contribution >= 0.6 is 0 Å². The van der Waals surface area contributed by atoms with Gasteiger partial charge in [0, 0.05) is 18.5 Å². The van der Waals surface area contributed by atoms with Crippen LogP contribution in [0.3, 0.4) is 0 Å². The summed E-state index contributed by atoms with van der Waals surface area (Å²) < 4.78 is 21.1. The number of carbonyl (C=O) groups excluding carboxylic acids is 3. The van der Waals surface area contributed by atoms with Crippen molar-refractivity contribution in [1.29, 1.82) is 0 Å². The van der Waals surface area contributed by atoms with Gasteiger partial charge in [0.2, 0.25) is 0 Å². The third kappa shape index (κ3) is 4.19. The van der Waals surface area contributed by atoms with Crippen LogP contribution in [0.4, 0.5) is 4.79 Å². The fourth-order valence-corrected chi connectivity index (χ4v) is 3.94. The van der Waals surface area contributed by atoms with Crippen molar-refractivity contribution in [3.05, 3.63) is 53.6 Å². The number of ketones is 1. The standard InChI is InChI=1S/C23H23NO7/c1-3-29-22(27)30-16-6-4-15(5-7-16)21(26)24-11-10-23(14-24)13-19(25)18-12-17(28-2)8-9-20(18)31-23/h4-9,12H,3,10-11,13-14H2,1-2H3. The first-order valence-electron chi connectivity index (χ1n) is 10.1. The van der Waals surface area contributed by atoms with Crippen molar-refractivity contribution in [3.63, 3.8) is 0 Å². The topological polar surface area (TPSA) is 91.4 Å². The molecule has 0 saturated carbocycles. The summed E-state index contributed by atoms with van der Waals surface area (Å²) >= 11 is 0. The number of hydrogen-bond donors (Lipinski definition) is 0. The zero-order chi connectivity index (χ0) is 22.0. The van der Waals surface area contributed by atoms with E-state index in [-0.39, 0.29) is 24.7 Å². The molecule has 1 atom stereocenters. The molecule has 0 N–H and O–H groups in total. The van der Waals surface area contributed by atoms with E-state index >= 15 is 0 Å². The minimum Gasteiger partial charge on any atom is -0.497 e. The van der Waals surface area contributed by atoms with Crippen molar-refractivity contribution in [1.82, 2.24) is 4.90 Å². The molecule has 2 aromatic carbocycles. The number of nitrogens with zero attached hydrogens (tertiary/aromatic N) is 1. The summed E-state index contributed by atoms with van der Waals surface area (Å²) in [7, 11) is 1.55. The van der Waals surface area contributed by atoms with E-state index in [1.165, 1.54) is 0 Å². The molecule has 0 radical (unpaired) electrons. The van der Waals surface area contributed by atoms with Gasteiger partial charge in [0.25, 0.3) is 5.91 Å². The highest BCUT2D eigenvalue weighted by Gasteiger charge is 2.47. The van der Waals surface area contributed by atoms with Gasteiger partial charge in [-0.25, -0.2) is 4.79 Å². The van der Waals surface area contributed by atoms with Gasteiger partial charge in [-0.2, -0.15) is 0 Å². The zero-order valence-corrected chi connectivity index (χ0v) is 17.4. The monoisotopic (exact) mass is 425 g/mol. The molecule has 4 rings (SSSR count). The minimum absolute atomic E-state index is 0.0186. The van der Waals surface area contributed by atoms with Crippen molar-refractivity contribution in [2.75, 3.05) is 26.8 Å². The Labute approximate surface area is 179 Å². The zero-order valence-electron chi connectivity index (χ0n) is 17.4. The molecule has 1 spiro atoms. The van der Waals surface area contributed by atoms with Gasteiger partial charge in [0.05, 0.1) is 32.2 Å². The van der Waals surface area contributed by atoms with E-state index in [0.717, 1.165) is 0 Å². The highest BCUT2D eigenvalue weighted by atomic mass is 16.7. The van der Waals surface area contributed by atoms with E-state index < -0.39 is 11.8 Å². The van der Waals surface area contributed by atoms with Gasteiger partial charge >= 0.3 is 6.16 Å². The number of carbonyl (C=O) groups is 3. The van der Waals surface area contributed by atoms with Crippen LogP contribution in [0.25, 0.3) is 0 Å². The van der Waals surface area contributed by atoms with E-state index in [2.05, 4.69) is 0 Å². The molecule has 2 aliphatic rings. The van der Waals surface area contributed by atoms with Crippen LogP contribution in [0.2, 0.25) is 0 Å². The van der Waals surface area contributed by atoms with E-state index in [4.69, 9.17) is 18.9 Å². The molecule has 162 valence electrons. The molecule has 2 heterocycles. The van der Waals surface area contributed by atoms with Crippen molar-refractivity contribution >= 4 is 17.8 Å². The Morgan fingerprint density at radius 2 is 1.87 bits per heavy atom. The molecule has 0 aliphatic carbocycles. The molecule has 31 heavy (non-hydrogen) atoms. The average Bonchev–Trinajstić information content (AvgIpc) is 3.16. The molecule has 2 aromatic rings. The summed E-state index contributed by atoms with van der Waals surface area (Å²) in [6.45, 7) is 2.71. The predicted molar refractivity (Wildman–Crippen MR) is 110 cm³/mol. The Balaban J connectivity index is 1.44. The molecule has 1 unspecified atom stereocenters. The minimum atomic E-state index is -0.792. The van der Waals surface area contributed by atoms with Gasteiger partial charge in [0.1, 0.15) is 22.8 Å². The molecular formula is C23H23NO7. The van der Waals surface area contributed by atoms with E-state index in [1.54, 1.807) is 61.4 Å². The average molecular weight is 425 g/mol. The number of hydrogen-bond acceptors (Lipinski definition) is 7. The summed E-state index contributed by atoms with van der Waals surface area (Å²) in [5.74, 6) is 1.23. The lowest BCUT2D eigenvalue weighted by molar-refractivity contribution is 0.0427. The lowest BCUT2D eigenvalue weighted by atomic mass is 9.89. The van der Waals surface area contributed by atoms with Gasteiger partial charge in [0.15, 0.2) is 5.78 Å². The SMILES string of the molecule is CCOC(=O)Oc1ccc(C(=O)N2CCC3(CC(=O)c4cc(OC)ccc4O3)C2)cc1. The molecular weight excluding hydrogens is 402 g/mol. The first-order valence-corrected chi connectivity index (χ1v) is 10.1. The second kappa shape index (κ2) is 8.29. The fourth-order valence-electron chi connectivity index (χ4n) is 3.94. The lowest BCUT2D eigenvalue weighted by Gasteiger charge is -2.34. The number of Topliss-reactive ketones (excluding diaryl/α,β-unsaturated/α-hetero) is 1. The molecule has 1 saturated heterocycles. The Morgan fingerprint density at radius 3 is 2.58 bits per heavy atom. The van der Waals surface area contributed by atoms with Gasteiger partial charge < -0.3 is 23.8 Å². The largest absolute Gasteiger partial charge is 0.513 e. The van der Waals surface area contributed by atoms with Gasteiger partial charge in [-0.05, 0) is 49.4 Å². The number of rotatable bonds is 4. The van der Waals surface area contributed by atoms with Crippen LogP contribution in [0.5, 0.6) is 17.2 Å². The summed E-state index contributed by atoms with van der Waals surface area (Å²) in [6.07, 6.45) is -0.0106. The maximum absolute atomic E-state index is 13.0. The Hall–Kier alpha value is -3.55. The summed E-state index contributed by atoms with van der Waals surface area (Å²) in [4.78, 5) is 38.8. The number of likely N-dealkylation sites (tertiary alicyclic amines) is 1. The van der Waals surface area contributed by atoms with Crippen molar-refractivity contribution in [2.24, 2.45) is 0 Å². The summed E-state index contributed by atoms with van der Waals surface area (Å²) in [5, 5.41) is 0. The second-order valence-electron chi connectivity index (χ2n) is 7.53. The molecule has 1 fully saturated rings. The van der Waals surface area contributed by atoms with Crippen LogP contribution in [-0.2, 0) is 4.74 Å². The maximum atomic E-state index is 13.0. The first-order chi connectivity index (χ1) is 14.9. The van der Waals surface area contributed by atoms with Gasteiger partial charge in [-0.1, -0.05) is 0 Å². The Kier molecular flexibility index (Phi) is 5.54. The quantitative estimate of drug-likeness (QED) is 0.547. The predicted octanol–water partition coefficient (Wildman–Crippen LogP) is 3.48. The maximum Gasteiger partial charge on any atom is 0.513 e.